The maximum Gasteiger partial charge on any atom is 0.254 e. The fourth-order valence-electron chi connectivity index (χ4n) is 3.32. The van der Waals surface area contributed by atoms with Crippen molar-refractivity contribution in [1.82, 2.24) is 25.3 Å². The smallest absolute Gasteiger partial charge is 0.254 e. The van der Waals surface area contributed by atoms with Gasteiger partial charge in [0.05, 0.1) is 6.04 Å². The Morgan fingerprint density at radius 3 is 2.83 bits per heavy atom. The third-order valence-electron chi connectivity index (χ3n) is 4.86. The molecule has 0 bridgehead atoms. The molecule has 9 heteroatoms. The summed E-state index contributed by atoms with van der Waals surface area (Å²) in [5.41, 5.74) is 1.65. The molecular formula is C21H24ClN5O3. The highest BCUT2D eigenvalue weighted by Crippen LogP contribution is 2.24. The molecule has 30 heavy (non-hydrogen) atoms. The summed E-state index contributed by atoms with van der Waals surface area (Å²) >= 11 is 0. The van der Waals surface area contributed by atoms with Crippen LogP contribution in [0, 0.1) is 0 Å². The van der Waals surface area contributed by atoms with E-state index in [1.807, 2.05) is 30.2 Å². The van der Waals surface area contributed by atoms with Crippen LogP contribution < -0.4 is 10.1 Å². The lowest BCUT2D eigenvalue weighted by Crippen LogP contribution is -2.48. The third kappa shape index (κ3) is 4.95. The number of hydrogen-bond acceptors (Lipinski definition) is 7. The van der Waals surface area contributed by atoms with E-state index in [2.05, 4.69) is 20.4 Å². The first-order chi connectivity index (χ1) is 14.2. The highest BCUT2D eigenvalue weighted by atomic mass is 35.5. The monoisotopic (exact) mass is 429 g/mol. The van der Waals surface area contributed by atoms with Gasteiger partial charge in [0.15, 0.2) is 6.61 Å². The molecule has 1 aromatic carbocycles. The number of nitrogens with one attached hydrogen (secondary N) is 1. The maximum absolute atomic E-state index is 13.1. The largest absolute Gasteiger partial charge is 0.485 e. The normalized spacial score (nSPS) is 16.0. The molecule has 1 atom stereocenters. The van der Waals surface area contributed by atoms with Gasteiger partial charge in [-0.25, -0.2) is 0 Å². The topological polar surface area (TPSA) is 93.4 Å². The van der Waals surface area contributed by atoms with Gasteiger partial charge in [-0.3, -0.25) is 9.78 Å². The van der Waals surface area contributed by atoms with E-state index in [0.29, 0.717) is 42.5 Å². The van der Waals surface area contributed by atoms with Crippen molar-refractivity contribution in [2.45, 2.75) is 26.0 Å². The second-order valence-electron chi connectivity index (χ2n) is 6.78. The van der Waals surface area contributed by atoms with Crippen LogP contribution in [0.15, 0.2) is 53.3 Å². The van der Waals surface area contributed by atoms with E-state index < -0.39 is 0 Å². The minimum atomic E-state index is -0.0353. The second-order valence-corrected chi connectivity index (χ2v) is 6.78. The number of benzene rings is 1. The molecule has 0 radical (unpaired) electrons. The number of pyridine rings is 1. The van der Waals surface area contributed by atoms with E-state index in [9.17, 15) is 4.79 Å². The summed E-state index contributed by atoms with van der Waals surface area (Å²) in [6.45, 7) is 4.30. The summed E-state index contributed by atoms with van der Waals surface area (Å²) in [5.74, 6) is 1.73. The second kappa shape index (κ2) is 10.2. The Morgan fingerprint density at radius 2 is 2.13 bits per heavy atom. The molecule has 158 valence electrons. The zero-order chi connectivity index (χ0) is 20.1. The van der Waals surface area contributed by atoms with Crippen LogP contribution in [0.3, 0.4) is 0 Å². The van der Waals surface area contributed by atoms with E-state index in [-0.39, 0.29) is 31.0 Å². The van der Waals surface area contributed by atoms with Gasteiger partial charge in [0.2, 0.25) is 11.7 Å². The van der Waals surface area contributed by atoms with Gasteiger partial charge in [0.25, 0.3) is 5.91 Å². The number of aryl methyl sites for hydroxylation is 1. The van der Waals surface area contributed by atoms with E-state index in [4.69, 9.17) is 9.26 Å². The lowest BCUT2D eigenvalue weighted by molar-refractivity contribution is 0.0634. The number of carbonyl (C=O) groups is 1. The van der Waals surface area contributed by atoms with Gasteiger partial charge in [-0.05, 0) is 35.9 Å². The summed E-state index contributed by atoms with van der Waals surface area (Å²) in [4.78, 5) is 23.4. The Labute approximate surface area is 181 Å². The van der Waals surface area contributed by atoms with Gasteiger partial charge >= 0.3 is 0 Å². The molecule has 2 aromatic heterocycles. The Hall–Kier alpha value is -2.97. The Balaban J connectivity index is 0.00000256. The minimum Gasteiger partial charge on any atom is -0.485 e. The van der Waals surface area contributed by atoms with Crippen molar-refractivity contribution in [1.29, 1.82) is 0 Å². The van der Waals surface area contributed by atoms with Gasteiger partial charge < -0.3 is 19.5 Å². The summed E-state index contributed by atoms with van der Waals surface area (Å²) in [7, 11) is 0. The predicted molar refractivity (Wildman–Crippen MR) is 113 cm³/mol. The number of nitrogens with zero attached hydrogens (tertiary/aromatic N) is 4. The number of amides is 1. The molecule has 0 spiro atoms. The van der Waals surface area contributed by atoms with Crippen molar-refractivity contribution in [3.05, 3.63) is 71.6 Å². The van der Waals surface area contributed by atoms with Crippen LogP contribution >= 0.6 is 12.4 Å². The first-order valence-electron chi connectivity index (χ1n) is 9.70. The summed E-state index contributed by atoms with van der Waals surface area (Å²) in [6.07, 6.45) is 4.24. The number of carbonyl (C=O) groups excluding carboxylic acids is 1. The van der Waals surface area contributed by atoms with Crippen LogP contribution in [-0.2, 0) is 13.0 Å². The molecule has 1 amide bonds. The zero-order valence-corrected chi connectivity index (χ0v) is 17.5. The van der Waals surface area contributed by atoms with Crippen LogP contribution in [0.4, 0.5) is 0 Å². The van der Waals surface area contributed by atoms with Crippen molar-refractivity contribution in [2.75, 3.05) is 19.6 Å². The molecule has 3 heterocycles. The van der Waals surface area contributed by atoms with Crippen LogP contribution in [0.2, 0.25) is 0 Å². The number of halogens is 1. The molecule has 3 aromatic rings. The fourth-order valence-corrected chi connectivity index (χ4v) is 3.32. The van der Waals surface area contributed by atoms with Crippen LogP contribution in [-0.4, -0.2) is 45.6 Å². The fraction of sp³-hybridized carbons (Fsp3) is 0.333. The number of hydrogen-bond donors (Lipinski definition) is 1. The van der Waals surface area contributed by atoms with Gasteiger partial charge in [-0.15, -0.1) is 12.4 Å². The molecule has 1 N–H and O–H groups in total. The van der Waals surface area contributed by atoms with Crippen molar-refractivity contribution in [3.8, 4) is 5.75 Å². The summed E-state index contributed by atoms with van der Waals surface area (Å²) in [5, 5.41) is 7.22. The van der Waals surface area contributed by atoms with Gasteiger partial charge in [-0.1, -0.05) is 18.1 Å². The number of piperazine rings is 1. The highest BCUT2D eigenvalue weighted by molar-refractivity contribution is 5.94. The molecular weight excluding hydrogens is 406 g/mol. The van der Waals surface area contributed by atoms with Gasteiger partial charge in [0, 0.05) is 44.0 Å². The quantitative estimate of drug-likeness (QED) is 0.643. The van der Waals surface area contributed by atoms with Crippen molar-refractivity contribution < 1.29 is 14.1 Å². The molecule has 1 fully saturated rings. The first-order valence-corrected chi connectivity index (χ1v) is 9.70. The van der Waals surface area contributed by atoms with E-state index in [1.165, 1.54) is 0 Å². The van der Waals surface area contributed by atoms with E-state index in [1.54, 1.807) is 30.5 Å². The Morgan fingerprint density at radius 1 is 1.30 bits per heavy atom. The number of rotatable bonds is 6. The van der Waals surface area contributed by atoms with Crippen LogP contribution in [0.5, 0.6) is 5.75 Å². The highest BCUT2D eigenvalue weighted by Gasteiger charge is 2.28. The molecule has 1 unspecified atom stereocenters. The SMILES string of the molecule is CCc1nc(COc2ccc(C(=O)N3CCNCC3c3cccnc3)cc2)no1.Cl. The molecule has 8 nitrogen and oxygen atoms in total. The molecule has 0 saturated carbocycles. The van der Waals surface area contributed by atoms with Crippen LogP contribution in [0.25, 0.3) is 0 Å². The predicted octanol–water partition coefficient (Wildman–Crippen LogP) is 2.81. The lowest BCUT2D eigenvalue weighted by atomic mass is 10.0. The summed E-state index contributed by atoms with van der Waals surface area (Å²) < 4.78 is 10.8. The number of aromatic nitrogens is 3. The standard InChI is InChI=1S/C21H23N5O3.ClH/c1-2-20-24-19(25-29-20)14-28-17-7-5-15(6-8-17)21(27)26-11-10-23-13-18(26)16-4-3-9-22-12-16;/h3-9,12,18,23H,2,10-11,13-14H2,1H3;1H. The van der Waals surface area contributed by atoms with E-state index in [0.717, 1.165) is 12.1 Å². The van der Waals surface area contributed by atoms with Crippen LogP contribution in [0.1, 0.15) is 40.6 Å². The van der Waals surface area contributed by atoms with Crippen molar-refractivity contribution in [2.24, 2.45) is 0 Å². The van der Waals surface area contributed by atoms with Gasteiger partial charge in [0.1, 0.15) is 5.75 Å². The molecule has 1 aliphatic rings. The Bertz CT molecular complexity index is 949. The zero-order valence-electron chi connectivity index (χ0n) is 16.7. The molecule has 4 rings (SSSR count). The van der Waals surface area contributed by atoms with Crippen molar-refractivity contribution in [3.63, 3.8) is 0 Å². The maximum atomic E-state index is 13.1. The first kappa shape index (κ1) is 21.7. The van der Waals surface area contributed by atoms with E-state index >= 15 is 0 Å². The third-order valence-corrected chi connectivity index (χ3v) is 4.86. The Kier molecular flexibility index (Phi) is 7.37. The minimum absolute atomic E-state index is 0. The lowest BCUT2D eigenvalue weighted by Gasteiger charge is -2.36. The number of ether oxygens (including phenoxy) is 1. The van der Waals surface area contributed by atoms with Gasteiger partial charge in [-0.2, -0.15) is 4.98 Å². The molecule has 1 aliphatic heterocycles. The molecule has 1 saturated heterocycles. The molecule has 0 aliphatic carbocycles. The summed E-state index contributed by atoms with van der Waals surface area (Å²) in [6, 6.07) is 11.0. The van der Waals surface area contributed by atoms with Crippen molar-refractivity contribution >= 4 is 18.3 Å². The average molecular weight is 430 g/mol. The average Bonchev–Trinajstić information content (AvgIpc) is 3.26.